The normalized spacial score (nSPS) is 10.4. The van der Waals surface area contributed by atoms with Crippen LogP contribution in [-0.2, 0) is 0 Å². The van der Waals surface area contributed by atoms with Gasteiger partial charge in [-0.3, -0.25) is 4.79 Å². The molecule has 0 aliphatic rings. The second kappa shape index (κ2) is 7.07. The standard InChI is InChI=1S/C18H19FO3/c1-4-21-16-10-14(12(3)20)11-17(22-5-2)18(16)13-6-8-15(19)9-7-13/h6-11H,4-5H2,1-3H3. The maximum Gasteiger partial charge on any atom is 0.160 e. The van der Waals surface area contributed by atoms with Crippen LogP contribution in [0.3, 0.4) is 0 Å². The van der Waals surface area contributed by atoms with E-state index in [1.165, 1.54) is 19.1 Å². The molecule has 0 bridgehead atoms. The molecule has 0 spiro atoms. The molecule has 2 aromatic rings. The van der Waals surface area contributed by atoms with Gasteiger partial charge in [0, 0.05) is 5.56 Å². The summed E-state index contributed by atoms with van der Waals surface area (Å²) in [6.07, 6.45) is 0. The van der Waals surface area contributed by atoms with Gasteiger partial charge in [0.1, 0.15) is 17.3 Å². The first-order chi connectivity index (χ1) is 10.6. The Hall–Kier alpha value is -2.36. The maximum absolute atomic E-state index is 13.2. The number of ether oxygens (including phenoxy) is 2. The molecule has 0 saturated carbocycles. The van der Waals surface area contributed by atoms with Crippen LogP contribution >= 0.6 is 0 Å². The lowest BCUT2D eigenvalue weighted by atomic mass is 9.99. The predicted molar refractivity (Wildman–Crippen MR) is 84.2 cm³/mol. The highest BCUT2D eigenvalue weighted by molar-refractivity contribution is 5.96. The molecule has 2 aromatic carbocycles. The summed E-state index contributed by atoms with van der Waals surface area (Å²) in [6.45, 7) is 6.16. The number of benzene rings is 2. The van der Waals surface area contributed by atoms with E-state index in [4.69, 9.17) is 9.47 Å². The van der Waals surface area contributed by atoms with Gasteiger partial charge in [0.2, 0.25) is 0 Å². The third-order valence-corrected chi connectivity index (χ3v) is 3.21. The van der Waals surface area contributed by atoms with Gasteiger partial charge in [0.05, 0.1) is 18.8 Å². The van der Waals surface area contributed by atoms with E-state index in [1.54, 1.807) is 24.3 Å². The van der Waals surface area contributed by atoms with Gasteiger partial charge in [-0.2, -0.15) is 0 Å². The van der Waals surface area contributed by atoms with Crippen molar-refractivity contribution < 1.29 is 18.7 Å². The number of carbonyl (C=O) groups excluding carboxylic acids is 1. The van der Waals surface area contributed by atoms with Crippen LogP contribution in [-0.4, -0.2) is 19.0 Å². The van der Waals surface area contributed by atoms with Crippen LogP contribution in [0.15, 0.2) is 36.4 Å². The van der Waals surface area contributed by atoms with Crippen LogP contribution in [0, 0.1) is 5.82 Å². The molecule has 2 rings (SSSR count). The van der Waals surface area contributed by atoms with Crippen LogP contribution in [0.5, 0.6) is 11.5 Å². The van der Waals surface area contributed by atoms with Crippen molar-refractivity contribution in [2.75, 3.05) is 13.2 Å². The lowest BCUT2D eigenvalue weighted by Crippen LogP contribution is -2.03. The first-order valence-corrected chi connectivity index (χ1v) is 7.27. The molecule has 0 radical (unpaired) electrons. The topological polar surface area (TPSA) is 35.5 Å². The maximum atomic E-state index is 13.2. The minimum absolute atomic E-state index is 0.0624. The molecule has 3 nitrogen and oxygen atoms in total. The molecule has 0 saturated heterocycles. The Balaban J connectivity index is 2.66. The molecule has 22 heavy (non-hydrogen) atoms. The Bertz CT molecular complexity index is 636. The van der Waals surface area contributed by atoms with E-state index < -0.39 is 0 Å². The van der Waals surface area contributed by atoms with Gasteiger partial charge < -0.3 is 9.47 Å². The summed E-state index contributed by atoms with van der Waals surface area (Å²) in [5, 5.41) is 0. The lowest BCUT2D eigenvalue weighted by molar-refractivity contribution is 0.101. The van der Waals surface area contributed by atoms with E-state index in [2.05, 4.69) is 0 Å². The van der Waals surface area contributed by atoms with Gasteiger partial charge in [-0.1, -0.05) is 12.1 Å². The number of carbonyl (C=O) groups is 1. The fourth-order valence-electron chi connectivity index (χ4n) is 2.23. The summed E-state index contributed by atoms with van der Waals surface area (Å²) in [5.41, 5.74) is 2.04. The van der Waals surface area contributed by atoms with Crippen molar-refractivity contribution in [2.24, 2.45) is 0 Å². The molecule has 0 amide bonds. The van der Waals surface area contributed by atoms with E-state index in [-0.39, 0.29) is 11.6 Å². The lowest BCUT2D eigenvalue weighted by Gasteiger charge is -2.17. The molecule has 0 heterocycles. The van der Waals surface area contributed by atoms with E-state index in [9.17, 15) is 9.18 Å². The number of hydrogen-bond donors (Lipinski definition) is 0. The third kappa shape index (κ3) is 3.45. The highest BCUT2D eigenvalue weighted by Crippen LogP contribution is 2.40. The van der Waals surface area contributed by atoms with Crippen molar-refractivity contribution in [3.63, 3.8) is 0 Å². The number of hydrogen-bond acceptors (Lipinski definition) is 3. The Morgan fingerprint density at radius 2 is 1.50 bits per heavy atom. The summed E-state index contributed by atoms with van der Waals surface area (Å²) in [4.78, 5) is 11.7. The Kier molecular flexibility index (Phi) is 5.15. The zero-order valence-corrected chi connectivity index (χ0v) is 13.0. The number of halogens is 1. The molecular formula is C18H19FO3. The molecule has 0 aliphatic heterocycles. The van der Waals surface area contributed by atoms with E-state index >= 15 is 0 Å². The average molecular weight is 302 g/mol. The Morgan fingerprint density at radius 3 is 1.91 bits per heavy atom. The second-order valence-electron chi connectivity index (χ2n) is 4.78. The minimum Gasteiger partial charge on any atom is -0.493 e. The van der Waals surface area contributed by atoms with Crippen molar-refractivity contribution in [1.29, 1.82) is 0 Å². The molecule has 4 heteroatoms. The minimum atomic E-state index is -0.306. The Labute approximate surface area is 129 Å². The number of rotatable bonds is 6. The summed E-state index contributed by atoms with van der Waals surface area (Å²) in [7, 11) is 0. The SMILES string of the molecule is CCOc1cc(C(C)=O)cc(OCC)c1-c1ccc(F)cc1. The quantitative estimate of drug-likeness (QED) is 0.737. The summed E-state index contributed by atoms with van der Waals surface area (Å²) < 4.78 is 24.5. The zero-order valence-electron chi connectivity index (χ0n) is 13.0. The van der Waals surface area contributed by atoms with E-state index in [0.717, 1.165) is 11.1 Å². The van der Waals surface area contributed by atoms with Crippen molar-refractivity contribution in [3.8, 4) is 22.6 Å². The zero-order chi connectivity index (χ0) is 16.1. The van der Waals surface area contributed by atoms with Gasteiger partial charge in [-0.05, 0) is 50.6 Å². The monoisotopic (exact) mass is 302 g/mol. The molecule has 0 unspecified atom stereocenters. The predicted octanol–water partition coefficient (Wildman–Crippen LogP) is 4.49. The van der Waals surface area contributed by atoms with Crippen molar-refractivity contribution in [2.45, 2.75) is 20.8 Å². The smallest absolute Gasteiger partial charge is 0.160 e. The van der Waals surface area contributed by atoms with Gasteiger partial charge in [-0.25, -0.2) is 4.39 Å². The van der Waals surface area contributed by atoms with Gasteiger partial charge in [0.25, 0.3) is 0 Å². The molecule has 0 N–H and O–H groups in total. The van der Waals surface area contributed by atoms with E-state index in [0.29, 0.717) is 30.3 Å². The van der Waals surface area contributed by atoms with Crippen LogP contribution in [0.1, 0.15) is 31.1 Å². The third-order valence-electron chi connectivity index (χ3n) is 3.21. The van der Waals surface area contributed by atoms with Crippen molar-refractivity contribution in [3.05, 3.63) is 47.8 Å². The molecule has 116 valence electrons. The van der Waals surface area contributed by atoms with Gasteiger partial charge >= 0.3 is 0 Å². The molecule has 0 atom stereocenters. The molecular weight excluding hydrogens is 283 g/mol. The highest BCUT2D eigenvalue weighted by Gasteiger charge is 2.17. The molecule has 0 aliphatic carbocycles. The largest absolute Gasteiger partial charge is 0.493 e. The Morgan fingerprint density at radius 1 is 1.00 bits per heavy atom. The van der Waals surface area contributed by atoms with Crippen LogP contribution in [0.2, 0.25) is 0 Å². The highest BCUT2D eigenvalue weighted by atomic mass is 19.1. The van der Waals surface area contributed by atoms with E-state index in [1.807, 2.05) is 13.8 Å². The first kappa shape index (κ1) is 16.0. The number of Topliss-reactive ketones (excluding diaryl/α,β-unsaturated/α-hetero) is 1. The average Bonchev–Trinajstić information content (AvgIpc) is 2.49. The molecule has 0 aromatic heterocycles. The number of ketones is 1. The van der Waals surface area contributed by atoms with Crippen LogP contribution in [0.4, 0.5) is 4.39 Å². The van der Waals surface area contributed by atoms with Gasteiger partial charge in [-0.15, -0.1) is 0 Å². The second-order valence-corrected chi connectivity index (χ2v) is 4.78. The van der Waals surface area contributed by atoms with Crippen LogP contribution < -0.4 is 9.47 Å². The first-order valence-electron chi connectivity index (χ1n) is 7.27. The fraction of sp³-hybridized carbons (Fsp3) is 0.278. The van der Waals surface area contributed by atoms with Crippen molar-refractivity contribution in [1.82, 2.24) is 0 Å². The summed E-state index contributed by atoms with van der Waals surface area (Å²) in [6, 6.07) is 9.52. The fourth-order valence-corrected chi connectivity index (χ4v) is 2.23. The summed E-state index contributed by atoms with van der Waals surface area (Å²) in [5.74, 6) is 0.753. The van der Waals surface area contributed by atoms with Gasteiger partial charge in [0.15, 0.2) is 5.78 Å². The van der Waals surface area contributed by atoms with Crippen molar-refractivity contribution >= 4 is 5.78 Å². The molecule has 0 fully saturated rings. The van der Waals surface area contributed by atoms with Crippen LogP contribution in [0.25, 0.3) is 11.1 Å². The summed E-state index contributed by atoms with van der Waals surface area (Å²) >= 11 is 0.